The summed E-state index contributed by atoms with van der Waals surface area (Å²) in [5, 5.41) is 3.14. The molecule has 1 atom stereocenters. The molecule has 0 bridgehead atoms. The van der Waals surface area contributed by atoms with Gasteiger partial charge in [-0.2, -0.15) is 8.75 Å². The van der Waals surface area contributed by atoms with Crippen LogP contribution in [0.4, 0.5) is 0 Å². The molecule has 1 aromatic rings. The third kappa shape index (κ3) is 3.38. The zero-order valence-corrected chi connectivity index (χ0v) is 8.80. The highest BCUT2D eigenvalue weighted by molar-refractivity contribution is 6.99. The Morgan fingerprint density at radius 1 is 1.69 bits per heavy atom. The van der Waals surface area contributed by atoms with Gasteiger partial charge in [0.2, 0.25) is 0 Å². The molecule has 0 radical (unpaired) electrons. The molecule has 1 N–H and O–H groups in total. The molecule has 0 spiro atoms. The normalized spacial score (nSPS) is 13.1. The molecule has 74 valence electrons. The van der Waals surface area contributed by atoms with E-state index in [1.165, 1.54) is 11.7 Å². The summed E-state index contributed by atoms with van der Waals surface area (Å²) in [6.07, 6.45) is 2.83. The van der Waals surface area contributed by atoms with Gasteiger partial charge in [-0.3, -0.25) is 0 Å². The van der Waals surface area contributed by atoms with E-state index in [1.807, 2.05) is 7.05 Å². The predicted molar refractivity (Wildman–Crippen MR) is 52.8 cm³/mol. The molecular formula is C8H15N3OS. The molecule has 5 heteroatoms. The van der Waals surface area contributed by atoms with Crippen molar-refractivity contribution < 1.29 is 4.74 Å². The van der Waals surface area contributed by atoms with Crippen LogP contribution in [0.1, 0.15) is 25.1 Å². The first-order valence-electron chi connectivity index (χ1n) is 4.41. The van der Waals surface area contributed by atoms with Crippen LogP contribution in [0.3, 0.4) is 0 Å². The molecule has 0 saturated heterocycles. The van der Waals surface area contributed by atoms with E-state index in [0.717, 1.165) is 18.7 Å². The van der Waals surface area contributed by atoms with E-state index < -0.39 is 0 Å². The van der Waals surface area contributed by atoms with Crippen molar-refractivity contribution in [3.05, 3.63) is 11.9 Å². The van der Waals surface area contributed by atoms with Crippen LogP contribution in [-0.4, -0.2) is 29.0 Å². The number of ether oxygens (including phenoxy) is 1. The lowest BCUT2D eigenvalue weighted by molar-refractivity contribution is 0.113. The van der Waals surface area contributed by atoms with E-state index in [0.29, 0.717) is 6.61 Å². The molecule has 1 heterocycles. The highest BCUT2D eigenvalue weighted by atomic mass is 32.1. The highest BCUT2D eigenvalue weighted by Crippen LogP contribution is 2.09. The third-order valence-electron chi connectivity index (χ3n) is 1.72. The molecule has 0 saturated carbocycles. The average Bonchev–Trinajstić information content (AvgIpc) is 2.65. The molecule has 0 aromatic carbocycles. The van der Waals surface area contributed by atoms with Crippen molar-refractivity contribution in [2.24, 2.45) is 0 Å². The molecule has 0 aliphatic carbocycles. The Balaban J connectivity index is 2.35. The second-order valence-electron chi connectivity index (χ2n) is 2.75. The van der Waals surface area contributed by atoms with Gasteiger partial charge < -0.3 is 10.1 Å². The minimum atomic E-state index is 0.172. The predicted octanol–water partition coefficient (Wildman–Crippen LogP) is 1.23. The van der Waals surface area contributed by atoms with Crippen LogP contribution < -0.4 is 5.32 Å². The van der Waals surface area contributed by atoms with Gasteiger partial charge in [-0.05, 0) is 13.5 Å². The van der Waals surface area contributed by atoms with Crippen LogP contribution in [0.15, 0.2) is 6.20 Å². The van der Waals surface area contributed by atoms with Gasteiger partial charge in [-0.1, -0.05) is 6.92 Å². The fourth-order valence-electron chi connectivity index (χ4n) is 0.988. The summed E-state index contributed by atoms with van der Waals surface area (Å²) < 4.78 is 13.5. The van der Waals surface area contributed by atoms with E-state index in [-0.39, 0.29) is 6.04 Å². The van der Waals surface area contributed by atoms with Gasteiger partial charge in [-0.25, -0.2) is 0 Å². The first kappa shape index (κ1) is 10.6. The summed E-state index contributed by atoms with van der Waals surface area (Å²) >= 11 is 1.23. The van der Waals surface area contributed by atoms with E-state index in [4.69, 9.17) is 4.74 Å². The second kappa shape index (κ2) is 6.01. The van der Waals surface area contributed by atoms with Gasteiger partial charge in [0.05, 0.1) is 36.3 Å². The molecule has 0 aliphatic rings. The van der Waals surface area contributed by atoms with Gasteiger partial charge in [0.25, 0.3) is 0 Å². The molecular weight excluding hydrogens is 186 g/mol. The minimum absolute atomic E-state index is 0.172. The quantitative estimate of drug-likeness (QED) is 0.703. The number of rotatable bonds is 6. The molecule has 0 amide bonds. The van der Waals surface area contributed by atoms with Gasteiger partial charge in [0.1, 0.15) is 0 Å². The van der Waals surface area contributed by atoms with Crippen LogP contribution in [0.25, 0.3) is 0 Å². The monoisotopic (exact) mass is 201 g/mol. The molecule has 4 nitrogen and oxygen atoms in total. The van der Waals surface area contributed by atoms with Gasteiger partial charge in [-0.15, -0.1) is 0 Å². The number of nitrogens with zero attached hydrogens (tertiary/aromatic N) is 2. The van der Waals surface area contributed by atoms with Crippen molar-refractivity contribution in [1.82, 2.24) is 14.1 Å². The third-order valence-corrected chi connectivity index (χ3v) is 2.21. The Morgan fingerprint density at radius 3 is 3.08 bits per heavy atom. The summed E-state index contributed by atoms with van der Waals surface area (Å²) in [6, 6.07) is 0.172. The zero-order valence-electron chi connectivity index (χ0n) is 7.99. The second-order valence-corrected chi connectivity index (χ2v) is 3.31. The Hall–Kier alpha value is -0.520. The van der Waals surface area contributed by atoms with Crippen molar-refractivity contribution in [3.8, 4) is 0 Å². The SMILES string of the molecule is CCCOCC(NC)c1cnsn1. The lowest BCUT2D eigenvalue weighted by Crippen LogP contribution is -2.22. The summed E-state index contributed by atoms with van der Waals surface area (Å²) in [5.74, 6) is 0. The largest absolute Gasteiger partial charge is 0.379 e. The molecule has 0 aliphatic heterocycles. The fourth-order valence-corrected chi connectivity index (χ4v) is 1.46. The maximum Gasteiger partial charge on any atom is 0.0935 e. The van der Waals surface area contributed by atoms with Crippen molar-refractivity contribution in [3.63, 3.8) is 0 Å². The van der Waals surface area contributed by atoms with Crippen molar-refractivity contribution in [2.45, 2.75) is 19.4 Å². The molecule has 1 aromatic heterocycles. The maximum absolute atomic E-state index is 5.43. The first-order valence-corrected chi connectivity index (χ1v) is 5.14. The molecule has 1 rings (SSSR count). The maximum atomic E-state index is 5.43. The minimum Gasteiger partial charge on any atom is -0.379 e. The van der Waals surface area contributed by atoms with E-state index in [1.54, 1.807) is 6.20 Å². The van der Waals surface area contributed by atoms with Crippen molar-refractivity contribution in [1.29, 1.82) is 0 Å². The standard InChI is InChI=1S/C8H15N3OS/c1-3-4-12-6-8(9-2)7-5-10-13-11-7/h5,8-9H,3-4,6H2,1-2H3. The Bertz CT molecular complexity index is 215. The van der Waals surface area contributed by atoms with Gasteiger partial charge in [0, 0.05) is 6.61 Å². The number of likely N-dealkylation sites (N-methyl/N-ethyl adjacent to an activating group) is 1. The highest BCUT2D eigenvalue weighted by Gasteiger charge is 2.11. The summed E-state index contributed by atoms with van der Waals surface area (Å²) in [6.45, 7) is 3.56. The van der Waals surface area contributed by atoms with Crippen LogP contribution >= 0.6 is 11.7 Å². The Morgan fingerprint density at radius 2 is 2.54 bits per heavy atom. The van der Waals surface area contributed by atoms with Crippen LogP contribution in [0.2, 0.25) is 0 Å². The summed E-state index contributed by atoms with van der Waals surface area (Å²) in [5.41, 5.74) is 0.962. The van der Waals surface area contributed by atoms with Crippen LogP contribution in [-0.2, 0) is 4.74 Å². The molecule has 13 heavy (non-hydrogen) atoms. The average molecular weight is 201 g/mol. The van der Waals surface area contributed by atoms with Gasteiger partial charge in [0.15, 0.2) is 0 Å². The molecule has 0 fully saturated rings. The molecule has 1 unspecified atom stereocenters. The number of nitrogens with one attached hydrogen (secondary N) is 1. The Kier molecular flexibility index (Phi) is 4.88. The van der Waals surface area contributed by atoms with Crippen LogP contribution in [0, 0.1) is 0 Å². The zero-order chi connectivity index (χ0) is 9.52. The summed E-state index contributed by atoms with van der Waals surface area (Å²) in [7, 11) is 1.90. The number of hydrogen-bond donors (Lipinski definition) is 1. The van der Waals surface area contributed by atoms with E-state index >= 15 is 0 Å². The van der Waals surface area contributed by atoms with Crippen molar-refractivity contribution >= 4 is 11.7 Å². The summed E-state index contributed by atoms with van der Waals surface area (Å²) in [4.78, 5) is 0. The van der Waals surface area contributed by atoms with Crippen molar-refractivity contribution in [2.75, 3.05) is 20.3 Å². The lowest BCUT2D eigenvalue weighted by Gasteiger charge is -2.12. The van der Waals surface area contributed by atoms with E-state index in [2.05, 4.69) is 21.0 Å². The van der Waals surface area contributed by atoms with Gasteiger partial charge >= 0.3 is 0 Å². The number of hydrogen-bond acceptors (Lipinski definition) is 5. The van der Waals surface area contributed by atoms with E-state index in [9.17, 15) is 0 Å². The van der Waals surface area contributed by atoms with Crippen LogP contribution in [0.5, 0.6) is 0 Å². The smallest absolute Gasteiger partial charge is 0.0935 e. The topological polar surface area (TPSA) is 47.0 Å². The first-order chi connectivity index (χ1) is 6.38. The fraction of sp³-hybridized carbons (Fsp3) is 0.750. The Labute approximate surface area is 82.6 Å². The number of aromatic nitrogens is 2. The lowest BCUT2D eigenvalue weighted by atomic mass is 10.2.